The van der Waals surface area contributed by atoms with Gasteiger partial charge in [0, 0.05) is 27.6 Å². The Morgan fingerprint density at radius 3 is 2.43 bits per heavy atom. The van der Waals surface area contributed by atoms with Crippen LogP contribution in [0.15, 0.2) is 42.5 Å². The van der Waals surface area contributed by atoms with E-state index in [0.717, 1.165) is 28.7 Å². The number of carbonyl (C=O) groups excluding carboxylic acids is 1. The number of Topliss-reactive ketones (excluding diaryl/α,β-unsaturated/α-hetero) is 1. The largest absolute Gasteiger partial charge is 0.294 e. The molecule has 0 aliphatic heterocycles. The normalized spacial score (nSPS) is 17.5. The summed E-state index contributed by atoms with van der Waals surface area (Å²) in [5, 5.41) is 1.26. The van der Waals surface area contributed by atoms with Gasteiger partial charge in [-0.2, -0.15) is 0 Å². The van der Waals surface area contributed by atoms with Gasteiger partial charge in [0.1, 0.15) is 0 Å². The zero-order valence-electron chi connectivity index (χ0n) is 12.6. The Morgan fingerprint density at radius 1 is 0.957 bits per heavy atom. The molecule has 0 aromatic heterocycles. The van der Waals surface area contributed by atoms with Gasteiger partial charge in [-0.3, -0.25) is 4.79 Å². The minimum absolute atomic E-state index is 0.256. The molecule has 1 fully saturated rings. The third kappa shape index (κ3) is 2.84. The van der Waals surface area contributed by atoms with Gasteiger partial charge in [0.15, 0.2) is 5.78 Å². The number of carbonyl (C=O) groups is 1. The zero-order chi connectivity index (χ0) is 16.0. The van der Waals surface area contributed by atoms with Gasteiger partial charge in [0.2, 0.25) is 0 Å². The predicted molar refractivity (Wildman–Crippen MR) is 96.1 cm³/mol. The van der Waals surface area contributed by atoms with Gasteiger partial charge in [-0.15, -0.1) is 0 Å². The second-order valence-corrected chi connectivity index (χ2v) is 7.12. The smallest absolute Gasteiger partial charge is 0.163 e. The lowest BCUT2D eigenvalue weighted by molar-refractivity contribution is -0.113. The summed E-state index contributed by atoms with van der Waals surface area (Å²) in [5.41, 5.74) is 5.27. The highest BCUT2D eigenvalue weighted by atomic mass is 35.5. The first kappa shape index (κ1) is 15.0. The molecule has 2 aliphatic carbocycles. The van der Waals surface area contributed by atoms with Crippen molar-refractivity contribution in [3.8, 4) is 11.1 Å². The quantitative estimate of drug-likeness (QED) is 0.640. The minimum Gasteiger partial charge on any atom is -0.294 e. The lowest BCUT2D eigenvalue weighted by atomic mass is 9.91. The highest BCUT2D eigenvalue weighted by Crippen LogP contribution is 2.45. The number of hydrogen-bond acceptors (Lipinski definition) is 1. The van der Waals surface area contributed by atoms with Gasteiger partial charge in [-0.1, -0.05) is 47.5 Å². The van der Waals surface area contributed by atoms with Crippen LogP contribution in [0.4, 0.5) is 0 Å². The van der Waals surface area contributed by atoms with Gasteiger partial charge in [0.05, 0.1) is 0 Å². The summed E-state index contributed by atoms with van der Waals surface area (Å²) in [7, 11) is 0. The van der Waals surface area contributed by atoms with E-state index in [9.17, 15) is 4.79 Å². The summed E-state index contributed by atoms with van der Waals surface area (Å²) in [4.78, 5) is 12.2. The fourth-order valence-corrected chi connectivity index (χ4v) is 3.80. The first-order valence-electron chi connectivity index (χ1n) is 7.96. The van der Waals surface area contributed by atoms with E-state index in [1.165, 1.54) is 18.4 Å². The van der Waals surface area contributed by atoms with Crippen LogP contribution in [0.5, 0.6) is 0 Å². The molecule has 3 heteroatoms. The molecule has 2 aromatic carbocycles. The van der Waals surface area contributed by atoms with Crippen molar-refractivity contribution in [2.24, 2.45) is 0 Å². The van der Waals surface area contributed by atoms with E-state index in [4.69, 9.17) is 23.2 Å². The molecule has 0 amide bonds. The third-order valence-corrected chi connectivity index (χ3v) is 5.17. The number of benzene rings is 2. The molecule has 2 aliphatic rings. The number of ketones is 1. The Hall–Kier alpha value is -1.57. The highest BCUT2D eigenvalue weighted by molar-refractivity contribution is 6.36. The van der Waals surface area contributed by atoms with E-state index in [1.807, 2.05) is 12.1 Å². The summed E-state index contributed by atoms with van der Waals surface area (Å²) >= 11 is 12.3. The fraction of sp³-hybridized carbons (Fsp3) is 0.250. The molecule has 0 saturated heterocycles. The molecule has 4 rings (SSSR count). The van der Waals surface area contributed by atoms with Crippen molar-refractivity contribution in [2.45, 2.75) is 31.6 Å². The molecule has 0 spiro atoms. The Kier molecular flexibility index (Phi) is 3.79. The van der Waals surface area contributed by atoms with Gasteiger partial charge in [-0.25, -0.2) is 0 Å². The zero-order valence-corrected chi connectivity index (χ0v) is 14.1. The van der Waals surface area contributed by atoms with Crippen LogP contribution in [0, 0.1) is 0 Å². The van der Waals surface area contributed by atoms with E-state index in [0.29, 0.717) is 22.4 Å². The first-order valence-corrected chi connectivity index (χ1v) is 8.72. The van der Waals surface area contributed by atoms with Crippen LogP contribution in [0.2, 0.25) is 10.0 Å². The summed E-state index contributed by atoms with van der Waals surface area (Å²) in [5.74, 6) is 0.861. The molecular weight excluding hydrogens is 327 g/mol. The molecule has 0 N–H and O–H groups in total. The molecule has 1 nitrogen and oxygen atoms in total. The minimum atomic E-state index is 0.256. The molecule has 0 bridgehead atoms. The molecule has 0 heterocycles. The summed E-state index contributed by atoms with van der Waals surface area (Å²) < 4.78 is 0. The molecule has 0 unspecified atom stereocenters. The maximum absolute atomic E-state index is 12.2. The molecule has 1 saturated carbocycles. The number of allylic oxidation sites excluding steroid dienone is 2. The van der Waals surface area contributed by atoms with Gasteiger partial charge in [-0.05, 0) is 60.1 Å². The lowest BCUT2D eigenvalue weighted by Crippen LogP contribution is -1.99. The molecule has 2 aromatic rings. The number of rotatable bonds is 3. The molecule has 0 radical (unpaired) electrons. The van der Waals surface area contributed by atoms with Crippen molar-refractivity contribution >= 4 is 34.6 Å². The van der Waals surface area contributed by atoms with Crippen LogP contribution in [0.25, 0.3) is 16.7 Å². The maximum Gasteiger partial charge on any atom is 0.163 e. The van der Waals surface area contributed by atoms with Crippen molar-refractivity contribution in [3.63, 3.8) is 0 Å². The Morgan fingerprint density at radius 2 is 1.78 bits per heavy atom. The molecular formula is C20H16Cl2O. The number of hydrogen-bond donors (Lipinski definition) is 0. The number of halogens is 2. The van der Waals surface area contributed by atoms with Crippen LogP contribution < -0.4 is 0 Å². The summed E-state index contributed by atoms with van der Waals surface area (Å²) in [6, 6.07) is 11.9. The van der Waals surface area contributed by atoms with Crippen molar-refractivity contribution in [3.05, 3.63) is 63.6 Å². The lowest BCUT2D eigenvalue weighted by Gasteiger charge is -2.13. The standard InChI is InChI=1S/C20H16Cl2O/c21-14-7-9-16(19(22)11-14)13-6-8-15(12-4-5-12)18(10-13)17-2-1-3-20(17)23/h2,6-12H,1,3-5H2. The SMILES string of the molecule is O=C1CCC=C1c1cc(-c2ccc(Cl)cc2Cl)ccc1C1CC1. The van der Waals surface area contributed by atoms with E-state index in [1.54, 1.807) is 6.07 Å². The molecule has 116 valence electrons. The Bertz CT molecular complexity index is 832. The average Bonchev–Trinajstić information content (AvgIpc) is 3.28. The van der Waals surface area contributed by atoms with Crippen LogP contribution in [0.3, 0.4) is 0 Å². The fourth-order valence-electron chi connectivity index (χ4n) is 3.29. The van der Waals surface area contributed by atoms with E-state index >= 15 is 0 Å². The van der Waals surface area contributed by atoms with Gasteiger partial charge < -0.3 is 0 Å². The topological polar surface area (TPSA) is 17.1 Å². The average molecular weight is 343 g/mol. The van der Waals surface area contributed by atoms with Crippen molar-refractivity contribution in [2.75, 3.05) is 0 Å². The van der Waals surface area contributed by atoms with Crippen LogP contribution in [-0.2, 0) is 4.79 Å². The first-order chi connectivity index (χ1) is 11.1. The maximum atomic E-state index is 12.2. The Labute approximate surface area is 145 Å². The summed E-state index contributed by atoms with van der Waals surface area (Å²) in [6.45, 7) is 0. The van der Waals surface area contributed by atoms with Crippen LogP contribution in [-0.4, -0.2) is 5.78 Å². The van der Waals surface area contributed by atoms with Gasteiger partial charge >= 0.3 is 0 Å². The van der Waals surface area contributed by atoms with Crippen LogP contribution >= 0.6 is 23.2 Å². The Balaban J connectivity index is 1.85. The van der Waals surface area contributed by atoms with E-state index < -0.39 is 0 Å². The van der Waals surface area contributed by atoms with E-state index in [-0.39, 0.29) is 5.78 Å². The third-order valence-electron chi connectivity index (χ3n) is 4.62. The monoisotopic (exact) mass is 342 g/mol. The van der Waals surface area contributed by atoms with Crippen molar-refractivity contribution in [1.82, 2.24) is 0 Å². The van der Waals surface area contributed by atoms with E-state index in [2.05, 4.69) is 24.3 Å². The summed E-state index contributed by atoms with van der Waals surface area (Å²) in [6.07, 6.45) is 6.00. The second kappa shape index (κ2) is 5.81. The second-order valence-electron chi connectivity index (χ2n) is 6.28. The predicted octanol–water partition coefficient (Wildman–Crippen LogP) is 6.28. The van der Waals surface area contributed by atoms with Crippen molar-refractivity contribution < 1.29 is 4.79 Å². The molecule has 0 atom stereocenters. The highest BCUT2D eigenvalue weighted by Gasteiger charge is 2.29. The van der Waals surface area contributed by atoms with Gasteiger partial charge in [0.25, 0.3) is 0 Å². The van der Waals surface area contributed by atoms with Crippen LogP contribution in [0.1, 0.15) is 42.7 Å². The van der Waals surface area contributed by atoms with Crippen molar-refractivity contribution in [1.29, 1.82) is 0 Å². The molecule has 23 heavy (non-hydrogen) atoms.